The smallest absolute Gasteiger partial charge is 0.275 e. The van der Waals surface area contributed by atoms with E-state index < -0.39 is 0 Å². The standard InChI is InChI=1S/C30H33ClN2O/c1-3-5-7-22-9-17-26(18-10-22)32-28-21-29(24-13-15-25(31)16-14-24)33(30(28)34)27-19-11-23(12-20-27)8-6-4-2/h9-21,29,32H,3-8H2,1-2H3. The van der Waals surface area contributed by atoms with E-state index in [9.17, 15) is 4.79 Å². The van der Waals surface area contributed by atoms with Crippen molar-refractivity contribution in [3.63, 3.8) is 0 Å². The third-order valence-corrected chi connectivity index (χ3v) is 6.60. The largest absolute Gasteiger partial charge is 0.351 e. The molecule has 1 heterocycles. The minimum Gasteiger partial charge on any atom is -0.351 e. The van der Waals surface area contributed by atoms with Crippen LogP contribution >= 0.6 is 11.6 Å². The van der Waals surface area contributed by atoms with E-state index in [1.165, 1.54) is 36.8 Å². The van der Waals surface area contributed by atoms with Gasteiger partial charge in [0.05, 0.1) is 6.04 Å². The van der Waals surface area contributed by atoms with Gasteiger partial charge in [-0.25, -0.2) is 0 Å². The first-order chi connectivity index (χ1) is 16.6. The Morgan fingerprint density at radius 3 is 1.91 bits per heavy atom. The maximum Gasteiger partial charge on any atom is 0.275 e. The van der Waals surface area contributed by atoms with Crippen molar-refractivity contribution in [2.45, 2.75) is 58.4 Å². The number of carbonyl (C=O) groups is 1. The zero-order valence-electron chi connectivity index (χ0n) is 20.1. The van der Waals surface area contributed by atoms with E-state index in [2.05, 4.69) is 67.7 Å². The lowest BCUT2D eigenvalue weighted by atomic mass is 10.0. The Kier molecular flexibility index (Phi) is 8.08. The third-order valence-electron chi connectivity index (χ3n) is 6.35. The molecular formula is C30H33ClN2O. The van der Waals surface area contributed by atoms with Crippen molar-refractivity contribution in [2.75, 3.05) is 10.2 Å². The fraction of sp³-hybridized carbons (Fsp3) is 0.300. The number of rotatable bonds is 10. The molecule has 0 saturated carbocycles. The summed E-state index contributed by atoms with van der Waals surface area (Å²) >= 11 is 6.13. The van der Waals surface area contributed by atoms with Crippen molar-refractivity contribution < 1.29 is 4.79 Å². The molecule has 0 aromatic heterocycles. The van der Waals surface area contributed by atoms with Crippen LogP contribution in [0.25, 0.3) is 0 Å². The second-order valence-electron chi connectivity index (χ2n) is 8.95. The summed E-state index contributed by atoms with van der Waals surface area (Å²) in [5, 5.41) is 4.05. The number of carbonyl (C=O) groups excluding carboxylic acids is 1. The third kappa shape index (κ3) is 5.71. The Morgan fingerprint density at radius 1 is 0.794 bits per heavy atom. The van der Waals surface area contributed by atoms with Crippen LogP contribution in [-0.2, 0) is 17.6 Å². The highest BCUT2D eigenvalue weighted by atomic mass is 35.5. The number of benzene rings is 3. The molecule has 0 radical (unpaired) electrons. The molecule has 1 atom stereocenters. The zero-order chi connectivity index (χ0) is 23.9. The second kappa shape index (κ2) is 11.4. The van der Waals surface area contributed by atoms with Crippen molar-refractivity contribution >= 4 is 28.9 Å². The van der Waals surface area contributed by atoms with E-state index in [1.807, 2.05) is 35.2 Å². The maximum absolute atomic E-state index is 13.6. The molecule has 176 valence electrons. The van der Waals surface area contributed by atoms with E-state index >= 15 is 0 Å². The van der Waals surface area contributed by atoms with Gasteiger partial charge >= 0.3 is 0 Å². The highest BCUT2D eigenvalue weighted by Gasteiger charge is 2.34. The number of nitrogens with one attached hydrogen (secondary N) is 1. The van der Waals surface area contributed by atoms with Crippen molar-refractivity contribution in [1.29, 1.82) is 0 Å². The van der Waals surface area contributed by atoms with Crippen LogP contribution in [0.1, 0.15) is 62.3 Å². The quantitative estimate of drug-likeness (QED) is 0.323. The summed E-state index contributed by atoms with van der Waals surface area (Å²) in [6.45, 7) is 4.41. The van der Waals surface area contributed by atoms with Crippen LogP contribution in [0.5, 0.6) is 0 Å². The van der Waals surface area contributed by atoms with Crippen LogP contribution < -0.4 is 10.2 Å². The summed E-state index contributed by atoms with van der Waals surface area (Å²) in [5.74, 6) is -0.0312. The lowest BCUT2D eigenvalue weighted by Gasteiger charge is -2.25. The normalized spacial score (nSPS) is 15.5. The number of aryl methyl sites for hydroxylation is 2. The van der Waals surface area contributed by atoms with Gasteiger partial charge in [0.2, 0.25) is 0 Å². The number of hydrogen-bond donors (Lipinski definition) is 1. The Balaban J connectivity index is 1.59. The van der Waals surface area contributed by atoms with Gasteiger partial charge in [0.1, 0.15) is 5.70 Å². The minimum atomic E-state index is -0.197. The summed E-state index contributed by atoms with van der Waals surface area (Å²) in [6, 6.07) is 24.3. The van der Waals surface area contributed by atoms with Gasteiger partial charge in [-0.1, -0.05) is 74.7 Å². The number of hydrogen-bond acceptors (Lipinski definition) is 2. The Labute approximate surface area is 208 Å². The van der Waals surface area contributed by atoms with Crippen LogP contribution in [0.15, 0.2) is 84.6 Å². The molecule has 4 rings (SSSR count). The van der Waals surface area contributed by atoms with Crippen LogP contribution in [-0.4, -0.2) is 5.91 Å². The molecule has 4 heteroatoms. The molecule has 1 amide bonds. The van der Waals surface area contributed by atoms with Crippen molar-refractivity contribution in [2.24, 2.45) is 0 Å². The second-order valence-corrected chi connectivity index (χ2v) is 9.38. The Hall–Kier alpha value is -3.04. The van der Waals surface area contributed by atoms with E-state index in [0.717, 1.165) is 29.8 Å². The van der Waals surface area contributed by atoms with Crippen molar-refractivity contribution in [3.8, 4) is 0 Å². The lowest BCUT2D eigenvalue weighted by molar-refractivity contribution is -0.114. The van der Waals surface area contributed by atoms with Crippen LogP contribution in [0.2, 0.25) is 5.02 Å². The molecule has 3 nitrogen and oxygen atoms in total. The molecule has 0 aliphatic carbocycles. The molecule has 3 aromatic carbocycles. The summed E-state index contributed by atoms with van der Waals surface area (Å²) in [7, 11) is 0. The van der Waals surface area contributed by atoms with Gasteiger partial charge in [0.25, 0.3) is 5.91 Å². The Morgan fingerprint density at radius 2 is 1.35 bits per heavy atom. The van der Waals surface area contributed by atoms with Crippen LogP contribution in [0.3, 0.4) is 0 Å². The van der Waals surface area contributed by atoms with Gasteiger partial charge in [-0.3, -0.25) is 9.69 Å². The summed E-state index contributed by atoms with van der Waals surface area (Å²) in [6.07, 6.45) is 8.87. The van der Waals surface area contributed by atoms with Gasteiger partial charge in [-0.15, -0.1) is 0 Å². The van der Waals surface area contributed by atoms with E-state index in [1.54, 1.807) is 0 Å². The van der Waals surface area contributed by atoms with E-state index in [-0.39, 0.29) is 11.9 Å². The fourth-order valence-electron chi connectivity index (χ4n) is 4.33. The first-order valence-electron chi connectivity index (χ1n) is 12.3. The molecule has 0 saturated heterocycles. The summed E-state index contributed by atoms with van der Waals surface area (Å²) < 4.78 is 0. The number of nitrogens with zero attached hydrogens (tertiary/aromatic N) is 1. The van der Waals surface area contributed by atoms with Crippen LogP contribution in [0, 0.1) is 0 Å². The first kappa shape index (κ1) is 24.1. The average molecular weight is 473 g/mol. The molecule has 1 unspecified atom stereocenters. The number of unbranched alkanes of at least 4 members (excludes halogenated alkanes) is 2. The minimum absolute atomic E-state index is 0.0312. The molecule has 0 fully saturated rings. The topological polar surface area (TPSA) is 32.3 Å². The fourth-order valence-corrected chi connectivity index (χ4v) is 4.46. The summed E-state index contributed by atoms with van der Waals surface area (Å²) in [5.41, 5.74) is 6.06. The van der Waals surface area contributed by atoms with Crippen molar-refractivity contribution in [1.82, 2.24) is 0 Å². The number of amides is 1. The molecule has 34 heavy (non-hydrogen) atoms. The van der Waals surface area contributed by atoms with Gasteiger partial charge in [-0.2, -0.15) is 0 Å². The molecular weight excluding hydrogens is 440 g/mol. The molecule has 1 aliphatic rings. The van der Waals surface area contributed by atoms with Gasteiger partial charge in [0.15, 0.2) is 0 Å². The maximum atomic E-state index is 13.6. The molecule has 1 N–H and O–H groups in total. The lowest BCUT2D eigenvalue weighted by Crippen LogP contribution is -2.30. The van der Waals surface area contributed by atoms with E-state index in [0.29, 0.717) is 10.7 Å². The van der Waals surface area contributed by atoms with Crippen molar-refractivity contribution in [3.05, 3.63) is 106 Å². The van der Waals surface area contributed by atoms with Gasteiger partial charge in [-0.05, 0) is 84.8 Å². The van der Waals surface area contributed by atoms with E-state index in [4.69, 9.17) is 11.6 Å². The number of anilines is 2. The van der Waals surface area contributed by atoms with Gasteiger partial charge in [0, 0.05) is 16.4 Å². The highest BCUT2D eigenvalue weighted by molar-refractivity contribution is 6.30. The highest BCUT2D eigenvalue weighted by Crippen LogP contribution is 2.36. The van der Waals surface area contributed by atoms with Crippen LogP contribution in [0.4, 0.5) is 11.4 Å². The molecule has 1 aliphatic heterocycles. The SMILES string of the molecule is CCCCc1ccc(NC2=CC(c3ccc(Cl)cc3)N(c3ccc(CCCC)cc3)C2=O)cc1. The Bertz CT molecular complexity index is 1120. The predicted molar refractivity (Wildman–Crippen MR) is 143 cm³/mol. The predicted octanol–water partition coefficient (Wildman–Crippen LogP) is 8.11. The molecule has 0 spiro atoms. The van der Waals surface area contributed by atoms with Gasteiger partial charge < -0.3 is 5.32 Å². The monoisotopic (exact) mass is 472 g/mol. The zero-order valence-corrected chi connectivity index (χ0v) is 20.8. The average Bonchev–Trinajstić information content (AvgIpc) is 3.18. The molecule has 3 aromatic rings. The molecule has 0 bridgehead atoms. The first-order valence-corrected chi connectivity index (χ1v) is 12.7. The number of halogens is 1. The summed E-state index contributed by atoms with van der Waals surface area (Å²) in [4.78, 5) is 15.5.